The molecule has 0 N–H and O–H groups in total. The van der Waals surface area contributed by atoms with Gasteiger partial charge in [-0.1, -0.05) is 24.3 Å². The normalized spacial score (nSPS) is 35.3. The molecule has 4 atom stereocenters. The van der Waals surface area contributed by atoms with Crippen molar-refractivity contribution in [3.05, 3.63) is 36.4 Å². The highest BCUT2D eigenvalue weighted by atomic mass is 16.5. The Kier molecular flexibility index (Phi) is 2.47. The van der Waals surface area contributed by atoms with Crippen LogP contribution in [0.25, 0.3) is 0 Å². The minimum Gasteiger partial charge on any atom is -0.492 e. The predicted octanol–water partition coefficient (Wildman–Crippen LogP) is 2.79. The van der Waals surface area contributed by atoms with Crippen molar-refractivity contribution in [3.8, 4) is 5.75 Å². The number of hydrogen-bond acceptors (Lipinski definition) is 3. The van der Waals surface area contributed by atoms with Crippen molar-refractivity contribution in [2.75, 3.05) is 11.5 Å². The Morgan fingerprint density at radius 1 is 1.09 bits per heavy atom. The molecule has 0 unspecified atom stereocenters. The fourth-order valence-electron chi connectivity index (χ4n) is 5.24. The first-order valence-electron chi connectivity index (χ1n) is 8.47. The number of amides is 2. The van der Waals surface area contributed by atoms with Gasteiger partial charge >= 0.3 is 0 Å². The Balaban J connectivity index is 1.56. The number of fused-ring (bicyclic) bond motifs is 3. The number of ether oxygens (including phenoxy) is 1. The van der Waals surface area contributed by atoms with E-state index in [1.54, 1.807) is 0 Å². The van der Waals surface area contributed by atoms with Crippen LogP contribution in [0.2, 0.25) is 0 Å². The molecule has 4 aliphatic rings. The van der Waals surface area contributed by atoms with E-state index in [1.807, 2.05) is 31.2 Å². The summed E-state index contributed by atoms with van der Waals surface area (Å²) in [6.45, 7) is 2.41. The lowest BCUT2D eigenvalue weighted by Gasteiger charge is -2.23. The van der Waals surface area contributed by atoms with Crippen LogP contribution in [0.5, 0.6) is 5.75 Å². The number of rotatable bonds is 3. The molecule has 5 rings (SSSR count). The van der Waals surface area contributed by atoms with Crippen LogP contribution in [0.4, 0.5) is 5.69 Å². The second kappa shape index (κ2) is 4.25. The second-order valence-electron chi connectivity index (χ2n) is 7.13. The van der Waals surface area contributed by atoms with E-state index in [2.05, 4.69) is 12.2 Å². The number of carbonyl (C=O) groups is 2. The van der Waals surface area contributed by atoms with E-state index in [-0.39, 0.29) is 40.9 Å². The van der Waals surface area contributed by atoms with E-state index in [0.29, 0.717) is 18.0 Å². The van der Waals surface area contributed by atoms with Crippen molar-refractivity contribution in [2.45, 2.75) is 19.8 Å². The number of hydrogen-bond donors (Lipinski definition) is 0. The van der Waals surface area contributed by atoms with E-state index in [1.165, 1.54) is 17.7 Å². The van der Waals surface area contributed by atoms with Gasteiger partial charge in [-0.2, -0.15) is 0 Å². The molecule has 1 aromatic rings. The maximum atomic E-state index is 13.1. The van der Waals surface area contributed by atoms with Crippen molar-refractivity contribution in [3.63, 3.8) is 0 Å². The van der Waals surface area contributed by atoms with E-state index >= 15 is 0 Å². The summed E-state index contributed by atoms with van der Waals surface area (Å²) in [4.78, 5) is 27.5. The number of nitrogens with zero attached hydrogens (tertiary/aromatic N) is 1. The summed E-state index contributed by atoms with van der Waals surface area (Å²) in [6.07, 6.45) is 6.72. The van der Waals surface area contributed by atoms with Gasteiger partial charge in [0, 0.05) is 0 Å². The van der Waals surface area contributed by atoms with Gasteiger partial charge in [0.25, 0.3) is 0 Å². The van der Waals surface area contributed by atoms with Crippen LogP contribution >= 0.6 is 0 Å². The minimum atomic E-state index is -0.158. The van der Waals surface area contributed by atoms with E-state index in [9.17, 15) is 9.59 Å². The largest absolute Gasteiger partial charge is 0.492 e. The third-order valence-electron chi connectivity index (χ3n) is 6.26. The molecule has 1 aromatic carbocycles. The first-order valence-corrected chi connectivity index (χ1v) is 8.47. The quantitative estimate of drug-likeness (QED) is 0.637. The Morgan fingerprint density at radius 3 is 2.26 bits per heavy atom. The predicted molar refractivity (Wildman–Crippen MR) is 84.9 cm³/mol. The number of anilines is 1. The van der Waals surface area contributed by atoms with Gasteiger partial charge in [-0.15, -0.1) is 0 Å². The molecule has 3 aliphatic carbocycles. The third kappa shape index (κ3) is 1.47. The van der Waals surface area contributed by atoms with Crippen molar-refractivity contribution in [1.82, 2.24) is 0 Å². The first-order chi connectivity index (χ1) is 11.2. The van der Waals surface area contributed by atoms with Gasteiger partial charge in [-0.3, -0.25) is 9.59 Å². The Labute approximate surface area is 135 Å². The summed E-state index contributed by atoms with van der Waals surface area (Å²) in [5.41, 5.74) is 0.842. The van der Waals surface area contributed by atoms with Gasteiger partial charge in [0.2, 0.25) is 11.8 Å². The molecular weight excluding hydrogens is 290 g/mol. The van der Waals surface area contributed by atoms with E-state index in [0.717, 1.165) is 0 Å². The SMILES string of the molecule is CCOc1ccccc1N1C(=O)[C@@H]2[C@H](C1=O)[C@H]1C=C[C@@H]2C12CC2. The van der Waals surface area contributed by atoms with Crippen molar-refractivity contribution >= 4 is 17.5 Å². The van der Waals surface area contributed by atoms with Crippen LogP contribution in [0.1, 0.15) is 19.8 Å². The van der Waals surface area contributed by atoms with Crippen LogP contribution in [-0.4, -0.2) is 18.4 Å². The van der Waals surface area contributed by atoms with Crippen molar-refractivity contribution in [2.24, 2.45) is 29.1 Å². The molecule has 1 aliphatic heterocycles. The minimum absolute atomic E-state index is 0.0321. The molecule has 118 valence electrons. The molecule has 1 saturated heterocycles. The lowest BCUT2D eigenvalue weighted by molar-refractivity contribution is -0.123. The van der Waals surface area contributed by atoms with Crippen LogP contribution < -0.4 is 9.64 Å². The topological polar surface area (TPSA) is 46.6 Å². The molecule has 4 nitrogen and oxygen atoms in total. The zero-order valence-electron chi connectivity index (χ0n) is 13.1. The molecule has 2 saturated carbocycles. The lowest BCUT2D eigenvalue weighted by Crippen LogP contribution is -2.35. The van der Waals surface area contributed by atoms with Crippen molar-refractivity contribution < 1.29 is 14.3 Å². The summed E-state index contributed by atoms with van der Waals surface area (Å²) >= 11 is 0. The molecule has 1 heterocycles. The molecule has 0 radical (unpaired) electrons. The van der Waals surface area contributed by atoms with Crippen molar-refractivity contribution in [1.29, 1.82) is 0 Å². The molecule has 4 heteroatoms. The average molecular weight is 309 g/mol. The molecule has 3 fully saturated rings. The summed E-state index contributed by atoms with van der Waals surface area (Å²) < 4.78 is 5.63. The average Bonchev–Trinajstić information content (AvgIpc) is 3.15. The van der Waals surface area contributed by atoms with Crippen LogP contribution in [0, 0.1) is 29.1 Å². The zero-order valence-corrected chi connectivity index (χ0v) is 13.1. The van der Waals surface area contributed by atoms with Crippen LogP contribution in [0.3, 0.4) is 0 Å². The molecular formula is C19H19NO3. The molecule has 23 heavy (non-hydrogen) atoms. The van der Waals surface area contributed by atoms with Gasteiger partial charge in [0.1, 0.15) is 5.75 Å². The zero-order chi connectivity index (χ0) is 15.8. The summed E-state index contributed by atoms with van der Waals surface area (Å²) in [7, 11) is 0. The Hall–Kier alpha value is -2.10. The fourth-order valence-corrected chi connectivity index (χ4v) is 5.24. The Morgan fingerprint density at radius 2 is 1.70 bits per heavy atom. The number of para-hydroxylation sites is 2. The van der Waals surface area contributed by atoms with E-state index in [4.69, 9.17) is 4.74 Å². The van der Waals surface area contributed by atoms with Gasteiger partial charge in [-0.05, 0) is 49.1 Å². The number of benzene rings is 1. The molecule has 0 aromatic heterocycles. The Bertz CT molecular complexity index is 715. The standard InChI is InChI=1S/C19H19NO3/c1-2-23-14-6-4-3-5-13(14)20-17(21)15-11-7-8-12(16(15)18(20)22)19(11)9-10-19/h3-8,11-12,15-16H,2,9-10H2,1H3/t11-,12+,15-,16+. The monoisotopic (exact) mass is 309 g/mol. The van der Waals surface area contributed by atoms with Gasteiger partial charge in [-0.25, -0.2) is 4.90 Å². The third-order valence-corrected chi connectivity index (χ3v) is 6.26. The number of allylic oxidation sites excluding steroid dienone is 2. The second-order valence-corrected chi connectivity index (χ2v) is 7.13. The van der Waals surface area contributed by atoms with E-state index < -0.39 is 0 Å². The number of carbonyl (C=O) groups excluding carboxylic acids is 2. The van der Waals surface area contributed by atoms with Gasteiger partial charge in [0.15, 0.2) is 0 Å². The molecule has 2 amide bonds. The number of imide groups is 1. The maximum absolute atomic E-state index is 13.1. The maximum Gasteiger partial charge on any atom is 0.238 e. The van der Waals surface area contributed by atoms with Crippen LogP contribution in [0.15, 0.2) is 36.4 Å². The lowest BCUT2D eigenvalue weighted by atomic mass is 9.85. The highest BCUT2D eigenvalue weighted by Crippen LogP contribution is 2.73. The van der Waals surface area contributed by atoms with Gasteiger partial charge in [0.05, 0.1) is 24.1 Å². The fraction of sp³-hybridized carbons (Fsp3) is 0.474. The highest BCUT2D eigenvalue weighted by molar-refractivity contribution is 6.23. The smallest absolute Gasteiger partial charge is 0.238 e. The summed E-state index contributed by atoms with van der Waals surface area (Å²) in [5, 5.41) is 0. The highest BCUT2D eigenvalue weighted by Gasteiger charge is 2.73. The summed E-state index contributed by atoms with van der Waals surface area (Å²) in [6, 6.07) is 7.35. The molecule has 1 spiro atoms. The van der Waals surface area contributed by atoms with Gasteiger partial charge < -0.3 is 4.74 Å². The molecule has 2 bridgehead atoms. The summed E-state index contributed by atoms with van der Waals surface area (Å²) in [5.74, 6) is 0.754. The van der Waals surface area contributed by atoms with Crippen LogP contribution in [-0.2, 0) is 9.59 Å². The first kappa shape index (κ1) is 13.3.